The van der Waals surface area contributed by atoms with Crippen molar-refractivity contribution in [3.63, 3.8) is 0 Å². The summed E-state index contributed by atoms with van der Waals surface area (Å²) in [6.45, 7) is -2.56. The second kappa shape index (κ2) is 5.09. The highest BCUT2D eigenvalue weighted by Gasteiger charge is 2.37. The van der Waals surface area contributed by atoms with E-state index < -0.39 is 40.5 Å². The molecule has 1 rings (SSSR count). The lowest BCUT2D eigenvalue weighted by atomic mass is 10.1. The van der Waals surface area contributed by atoms with E-state index in [-0.39, 0.29) is 0 Å². The normalized spacial score (nSPS) is 11.8. The van der Waals surface area contributed by atoms with Crippen LogP contribution in [0.25, 0.3) is 0 Å². The third-order valence-electron chi connectivity index (χ3n) is 1.95. The summed E-state index contributed by atoms with van der Waals surface area (Å²) in [5, 5.41) is -0.394. The van der Waals surface area contributed by atoms with Crippen LogP contribution in [0.15, 0.2) is 12.1 Å². The smallest absolute Gasteiger partial charge is 0.420 e. The average molecular weight is 289 g/mol. The van der Waals surface area contributed by atoms with Crippen LogP contribution in [0.2, 0.25) is 5.02 Å². The van der Waals surface area contributed by atoms with Crippen LogP contribution in [-0.4, -0.2) is 12.4 Å². The molecular formula is C10H6ClF5O2. The number of carbonyl (C=O) groups is 1. The van der Waals surface area contributed by atoms with Crippen LogP contribution >= 0.6 is 11.6 Å². The van der Waals surface area contributed by atoms with Gasteiger partial charge in [0.2, 0.25) is 0 Å². The van der Waals surface area contributed by atoms with E-state index in [2.05, 4.69) is 4.74 Å². The second-order valence-corrected chi connectivity index (χ2v) is 3.70. The van der Waals surface area contributed by atoms with E-state index in [0.29, 0.717) is 6.07 Å². The Hall–Kier alpha value is -1.37. The van der Waals surface area contributed by atoms with Gasteiger partial charge in [0.15, 0.2) is 5.78 Å². The van der Waals surface area contributed by atoms with E-state index in [4.69, 9.17) is 11.6 Å². The lowest BCUT2D eigenvalue weighted by molar-refractivity contribution is -0.141. The predicted octanol–water partition coefficient (Wildman–Crippen LogP) is 4.16. The van der Waals surface area contributed by atoms with Gasteiger partial charge in [0.25, 0.3) is 0 Å². The van der Waals surface area contributed by atoms with E-state index in [1.54, 1.807) is 0 Å². The molecule has 100 valence electrons. The van der Waals surface area contributed by atoms with Crippen LogP contribution in [0.3, 0.4) is 0 Å². The topological polar surface area (TPSA) is 26.3 Å². The molecule has 0 unspecified atom stereocenters. The van der Waals surface area contributed by atoms with Gasteiger partial charge in [-0.3, -0.25) is 4.79 Å². The van der Waals surface area contributed by atoms with Gasteiger partial charge in [0.1, 0.15) is 5.75 Å². The summed E-state index contributed by atoms with van der Waals surface area (Å²) in [5.74, 6) is -2.08. The van der Waals surface area contributed by atoms with Crippen molar-refractivity contribution in [2.24, 2.45) is 0 Å². The molecule has 0 fully saturated rings. The summed E-state index contributed by atoms with van der Waals surface area (Å²) in [5.41, 5.74) is -2.16. The Morgan fingerprint density at radius 3 is 2.28 bits per heavy atom. The summed E-state index contributed by atoms with van der Waals surface area (Å²) in [4.78, 5) is 11.1. The lowest BCUT2D eigenvalue weighted by Crippen LogP contribution is -2.14. The van der Waals surface area contributed by atoms with Gasteiger partial charge in [-0.1, -0.05) is 11.6 Å². The number of alkyl halides is 5. The Bertz CT molecular complexity index is 470. The fourth-order valence-corrected chi connectivity index (χ4v) is 1.50. The molecule has 0 saturated heterocycles. The number of carbonyl (C=O) groups excluding carboxylic acids is 1. The predicted molar refractivity (Wildman–Crippen MR) is 53.1 cm³/mol. The van der Waals surface area contributed by atoms with Gasteiger partial charge in [0, 0.05) is 5.02 Å². The van der Waals surface area contributed by atoms with E-state index in [0.717, 1.165) is 13.0 Å². The quantitative estimate of drug-likeness (QED) is 0.616. The first-order valence-corrected chi connectivity index (χ1v) is 4.87. The van der Waals surface area contributed by atoms with Crippen LogP contribution in [0.5, 0.6) is 5.75 Å². The lowest BCUT2D eigenvalue weighted by Gasteiger charge is -2.16. The fraction of sp³-hybridized carbons (Fsp3) is 0.300. The minimum absolute atomic E-state index is 0.394. The molecule has 0 aliphatic rings. The van der Waals surface area contributed by atoms with E-state index in [9.17, 15) is 26.7 Å². The summed E-state index contributed by atoms with van der Waals surface area (Å²) in [6.07, 6.45) is -4.96. The summed E-state index contributed by atoms with van der Waals surface area (Å²) >= 11 is 5.41. The monoisotopic (exact) mass is 288 g/mol. The number of rotatable bonds is 3. The van der Waals surface area contributed by atoms with E-state index >= 15 is 0 Å². The molecule has 0 aromatic heterocycles. The molecule has 0 bridgehead atoms. The molecule has 1 aromatic carbocycles. The molecule has 2 nitrogen and oxygen atoms in total. The van der Waals surface area contributed by atoms with Crippen LogP contribution in [0, 0.1) is 0 Å². The molecule has 0 saturated carbocycles. The Morgan fingerprint density at radius 2 is 1.89 bits per heavy atom. The third-order valence-corrected chi connectivity index (χ3v) is 2.16. The Morgan fingerprint density at radius 1 is 1.33 bits per heavy atom. The third kappa shape index (κ3) is 3.32. The van der Waals surface area contributed by atoms with Crippen LogP contribution in [-0.2, 0) is 6.18 Å². The number of ether oxygens (including phenoxy) is 1. The van der Waals surface area contributed by atoms with Crippen LogP contribution < -0.4 is 4.74 Å². The van der Waals surface area contributed by atoms with Gasteiger partial charge in [-0.2, -0.15) is 22.0 Å². The Kier molecular flexibility index (Phi) is 4.16. The number of Topliss-reactive ketones (excluding diaryl/α,β-unsaturated/α-hetero) is 1. The van der Waals surface area contributed by atoms with Gasteiger partial charge in [-0.25, -0.2) is 0 Å². The maximum Gasteiger partial charge on any atom is 0.420 e. The zero-order chi connectivity index (χ0) is 14.1. The van der Waals surface area contributed by atoms with Gasteiger partial charge in [0.05, 0.1) is 11.1 Å². The molecule has 0 N–H and O–H groups in total. The van der Waals surface area contributed by atoms with E-state index in [1.807, 2.05) is 0 Å². The number of hydrogen-bond acceptors (Lipinski definition) is 2. The Balaban J connectivity index is 3.53. The van der Waals surface area contributed by atoms with Gasteiger partial charge < -0.3 is 4.74 Å². The molecule has 0 atom stereocenters. The molecule has 0 aliphatic heterocycles. The van der Waals surface area contributed by atoms with Crippen molar-refractivity contribution in [2.45, 2.75) is 19.7 Å². The van der Waals surface area contributed by atoms with Crippen molar-refractivity contribution in [2.75, 3.05) is 0 Å². The SMILES string of the molecule is CC(=O)c1cc(Cl)cc(C(F)(F)F)c1OC(F)F. The molecule has 1 aromatic rings. The van der Waals surface area contributed by atoms with Gasteiger partial charge in [-0.15, -0.1) is 0 Å². The highest BCUT2D eigenvalue weighted by Crippen LogP contribution is 2.41. The standard InChI is InChI=1S/C10H6ClF5O2/c1-4(17)6-2-5(11)3-7(10(14,15)16)8(6)18-9(12)13/h2-3,9H,1H3. The largest absolute Gasteiger partial charge is 0.433 e. The molecule has 8 heteroatoms. The van der Waals surface area contributed by atoms with Crippen LogP contribution in [0.4, 0.5) is 22.0 Å². The van der Waals surface area contributed by atoms with Crippen molar-refractivity contribution in [1.82, 2.24) is 0 Å². The molecular weight excluding hydrogens is 283 g/mol. The number of benzene rings is 1. The second-order valence-electron chi connectivity index (χ2n) is 3.26. The number of hydrogen-bond donors (Lipinski definition) is 0. The van der Waals surface area contributed by atoms with Crippen LogP contribution in [0.1, 0.15) is 22.8 Å². The summed E-state index contributed by atoms with van der Waals surface area (Å²) < 4.78 is 65.9. The maximum absolute atomic E-state index is 12.6. The summed E-state index contributed by atoms with van der Waals surface area (Å²) in [7, 11) is 0. The maximum atomic E-state index is 12.6. The number of ketones is 1. The van der Waals surface area contributed by atoms with Gasteiger partial charge >= 0.3 is 12.8 Å². The minimum atomic E-state index is -4.96. The fourth-order valence-electron chi connectivity index (χ4n) is 1.28. The first-order valence-electron chi connectivity index (χ1n) is 4.49. The molecule has 0 aliphatic carbocycles. The molecule has 0 heterocycles. The zero-order valence-corrected chi connectivity index (χ0v) is 9.57. The average Bonchev–Trinajstić information content (AvgIpc) is 2.17. The Labute approximate surface area is 103 Å². The highest BCUT2D eigenvalue weighted by atomic mass is 35.5. The molecule has 0 amide bonds. The first-order chi connectivity index (χ1) is 8.12. The first kappa shape index (κ1) is 14.7. The molecule has 0 radical (unpaired) electrons. The number of halogens is 6. The minimum Gasteiger partial charge on any atom is -0.433 e. The molecule has 0 spiro atoms. The van der Waals surface area contributed by atoms with Crippen molar-refractivity contribution in [1.29, 1.82) is 0 Å². The van der Waals surface area contributed by atoms with Crippen molar-refractivity contribution in [3.8, 4) is 5.75 Å². The van der Waals surface area contributed by atoms with E-state index in [1.165, 1.54) is 0 Å². The van der Waals surface area contributed by atoms with Gasteiger partial charge in [-0.05, 0) is 19.1 Å². The van der Waals surface area contributed by atoms with Crippen molar-refractivity contribution in [3.05, 3.63) is 28.3 Å². The van der Waals surface area contributed by atoms with Crippen molar-refractivity contribution >= 4 is 17.4 Å². The zero-order valence-electron chi connectivity index (χ0n) is 8.82. The molecule has 18 heavy (non-hydrogen) atoms. The highest BCUT2D eigenvalue weighted by molar-refractivity contribution is 6.31. The van der Waals surface area contributed by atoms with Crippen molar-refractivity contribution < 1.29 is 31.5 Å². The summed E-state index contributed by atoms with van der Waals surface area (Å²) in [6, 6.07) is 1.27.